The van der Waals surface area contributed by atoms with Gasteiger partial charge in [-0.15, -0.1) is 0 Å². The summed E-state index contributed by atoms with van der Waals surface area (Å²) < 4.78 is 16.0. The third kappa shape index (κ3) is 4.73. The van der Waals surface area contributed by atoms with Gasteiger partial charge in [0.1, 0.15) is 5.75 Å². The molecule has 0 aromatic heterocycles. The van der Waals surface area contributed by atoms with Crippen molar-refractivity contribution < 1.29 is 19.0 Å². The number of nitrogens with one attached hydrogen (secondary N) is 1. The fourth-order valence-electron chi connectivity index (χ4n) is 2.14. The second-order valence-corrected chi connectivity index (χ2v) is 4.90. The molecule has 1 N–H and O–H groups in total. The maximum atomic E-state index is 12.2. The molecule has 0 bridgehead atoms. The number of amidine groups is 1. The number of rotatable bonds is 5. The molecule has 120 valence electrons. The number of methoxy groups -OCH3 is 1. The van der Waals surface area contributed by atoms with Crippen LogP contribution in [0.3, 0.4) is 0 Å². The minimum absolute atomic E-state index is 0.119. The minimum Gasteiger partial charge on any atom is -0.497 e. The van der Waals surface area contributed by atoms with Crippen LogP contribution in [0.5, 0.6) is 5.75 Å². The molecule has 1 heterocycles. The van der Waals surface area contributed by atoms with Crippen LogP contribution >= 0.6 is 0 Å². The van der Waals surface area contributed by atoms with Crippen molar-refractivity contribution in [2.45, 2.75) is 25.9 Å². The van der Waals surface area contributed by atoms with Gasteiger partial charge in [-0.25, -0.2) is 4.99 Å². The van der Waals surface area contributed by atoms with Gasteiger partial charge in [0.25, 0.3) is 11.9 Å². The van der Waals surface area contributed by atoms with Gasteiger partial charge in [0.05, 0.1) is 26.4 Å². The first kappa shape index (κ1) is 16.3. The predicted molar refractivity (Wildman–Crippen MR) is 83.4 cm³/mol. The van der Waals surface area contributed by atoms with Crippen LogP contribution in [0.15, 0.2) is 29.3 Å². The number of carbonyl (C=O) groups is 1. The molecule has 1 fully saturated rings. The van der Waals surface area contributed by atoms with E-state index in [1.807, 2.05) is 6.92 Å². The molecule has 1 saturated heterocycles. The number of hydrogen-bond donors (Lipinski definition) is 1. The molecule has 22 heavy (non-hydrogen) atoms. The van der Waals surface area contributed by atoms with E-state index in [0.717, 1.165) is 19.4 Å². The highest BCUT2D eigenvalue weighted by molar-refractivity contribution is 6.04. The van der Waals surface area contributed by atoms with Crippen LogP contribution in [-0.2, 0) is 9.47 Å². The molecule has 0 radical (unpaired) electrons. The molecule has 1 aliphatic rings. The largest absolute Gasteiger partial charge is 0.497 e. The van der Waals surface area contributed by atoms with Gasteiger partial charge in [-0.1, -0.05) is 0 Å². The zero-order chi connectivity index (χ0) is 15.8. The van der Waals surface area contributed by atoms with Gasteiger partial charge in [0, 0.05) is 12.2 Å². The summed E-state index contributed by atoms with van der Waals surface area (Å²) in [6, 6.07) is 7.09. The summed E-state index contributed by atoms with van der Waals surface area (Å²) in [5.41, 5.74) is 0.519. The van der Waals surface area contributed by atoms with Crippen LogP contribution in [0, 0.1) is 0 Å². The maximum Gasteiger partial charge on any atom is 0.291 e. The van der Waals surface area contributed by atoms with Crippen LogP contribution in [0.2, 0.25) is 0 Å². The van der Waals surface area contributed by atoms with Crippen molar-refractivity contribution in [1.29, 1.82) is 0 Å². The van der Waals surface area contributed by atoms with E-state index >= 15 is 0 Å². The van der Waals surface area contributed by atoms with Crippen molar-refractivity contribution in [3.05, 3.63) is 29.8 Å². The monoisotopic (exact) mass is 306 g/mol. The van der Waals surface area contributed by atoms with E-state index in [1.165, 1.54) is 0 Å². The lowest BCUT2D eigenvalue weighted by atomic mass is 10.2. The highest BCUT2D eigenvalue weighted by atomic mass is 16.5. The van der Waals surface area contributed by atoms with Gasteiger partial charge in [-0.05, 0) is 44.0 Å². The number of hydrogen-bond acceptors (Lipinski definition) is 5. The number of aliphatic imine (C=N–C) groups is 1. The van der Waals surface area contributed by atoms with Crippen LogP contribution in [0.4, 0.5) is 0 Å². The summed E-state index contributed by atoms with van der Waals surface area (Å²) in [5.74, 6) is 0.441. The lowest BCUT2D eigenvalue weighted by Gasteiger charge is -2.11. The molecule has 0 saturated carbocycles. The molecule has 1 amide bonds. The standard InChI is InChI=1S/C16H22N2O4/c1-3-21-16(17-11-14-5-4-10-22-14)18-15(19)12-6-8-13(20-2)9-7-12/h6-9,14H,3-5,10-11H2,1-2H3,(H,17,18,19)/t14-/m0/s1. The van der Waals surface area contributed by atoms with Crippen LogP contribution < -0.4 is 10.1 Å². The summed E-state index contributed by atoms with van der Waals surface area (Å²) >= 11 is 0. The molecule has 0 unspecified atom stereocenters. The second kappa shape index (κ2) is 8.38. The van der Waals surface area contributed by atoms with Crippen molar-refractivity contribution in [2.24, 2.45) is 4.99 Å². The molecular weight excluding hydrogens is 284 g/mol. The topological polar surface area (TPSA) is 69.2 Å². The first-order valence-corrected chi connectivity index (χ1v) is 7.47. The number of benzene rings is 1. The zero-order valence-electron chi connectivity index (χ0n) is 13.0. The van der Waals surface area contributed by atoms with Crippen molar-refractivity contribution >= 4 is 11.9 Å². The van der Waals surface area contributed by atoms with Crippen molar-refractivity contribution in [2.75, 3.05) is 26.9 Å². The van der Waals surface area contributed by atoms with Crippen LogP contribution in [0.25, 0.3) is 0 Å². The number of carbonyl (C=O) groups excluding carboxylic acids is 1. The Labute approximate surface area is 130 Å². The second-order valence-electron chi connectivity index (χ2n) is 4.90. The fraction of sp³-hybridized carbons (Fsp3) is 0.500. The number of amides is 1. The molecule has 1 atom stereocenters. The van der Waals surface area contributed by atoms with E-state index in [-0.39, 0.29) is 18.0 Å². The SMILES string of the molecule is CCOC(=NC[C@@H]1CCCO1)NC(=O)c1ccc(OC)cc1. The highest BCUT2D eigenvalue weighted by Crippen LogP contribution is 2.12. The Morgan fingerprint density at radius 2 is 2.18 bits per heavy atom. The van der Waals surface area contributed by atoms with Gasteiger partial charge in [-0.2, -0.15) is 0 Å². The van der Waals surface area contributed by atoms with E-state index in [0.29, 0.717) is 24.5 Å². The lowest BCUT2D eigenvalue weighted by molar-refractivity contribution is 0.0963. The van der Waals surface area contributed by atoms with E-state index < -0.39 is 0 Å². The first-order chi connectivity index (χ1) is 10.7. The summed E-state index contributed by atoms with van der Waals surface area (Å²) in [6.45, 7) is 3.56. The van der Waals surface area contributed by atoms with Gasteiger partial charge in [-0.3, -0.25) is 10.1 Å². The van der Waals surface area contributed by atoms with Gasteiger partial charge in [0.15, 0.2) is 0 Å². The Morgan fingerprint density at radius 1 is 1.41 bits per heavy atom. The van der Waals surface area contributed by atoms with E-state index in [9.17, 15) is 4.79 Å². The molecule has 6 heteroatoms. The fourth-order valence-corrected chi connectivity index (χ4v) is 2.14. The summed E-state index contributed by atoms with van der Waals surface area (Å²) in [4.78, 5) is 16.5. The van der Waals surface area contributed by atoms with E-state index in [2.05, 4.69) is 10.3 Å². The van der Waals surface area contributed by atoms with E-state index in [1.54, 1.807) is 31.4 Å². The lowest BCUT2D eigenvalue weighted by Crippen LogP contribution is -2.33. The Balaban J connectivity index is 1.95. The Hall–Kier alpha value is -2.08. The van der Waals surface area contributed by atoms with Gasteiger partial charge in [0.2, 0.25) is 0 Å². The van der Waals surface area contributed by atoms with Crippen LogP contribution in [0.1, 0.15) is 30.1 Å². The maximum absolute atomic E-state index is 12.2. The zero-order valence-corrected chi connectivity index (χ0v) is 13.0. The Bertz CT molecular complexity index is 507. The van der Waals surface area contributed by atoms with Gasteiger partial charge < -0.3 is 14.2 Å². The van der Waals surface area contributed by atoms with Gasteiger partial charge >= 0.3 is 0 Å². The smallest absolute Gasteiger partial charge is 0.291 e. The molecule has 0 spiro atoms. The summed E-state index contributed by atoms with van der Waals surface area (Å²) in [7, 11) is 1.58. The number of ether oxygens (including phenoxy) is 3. The molecule has 6 nitrogen and oxygen atoms in total. The molecule has 1 aromatic carbocycles. The third-order valence-electron chi connectivity index (χ3n) is 3.32. The Kier molecular flexibility index (Phi) is 6.21. The normalized spacial score (nSPS) is 18.1. The molecule has 0 aliphatic carbocycles. The number of nitrogens with zero attached hydrogens (tertiary/aromatic N) is 1. The predicted octanol–water partition coefficient (Wildman–Crippen LogP) is 2.00. The summed E-state index contributed by atoms with van der Waals surface area (Å²) in [5, 5.41) is 2.69. The van der Waals surface area contributed by atoms with Crippen molar-refractivity contribution in [3.8, 4) is 5.75 Å². The summed E-state index contributed by atoms with van der Waals surface area (Å²) in [6.07, 6.45) is 2.17. The van der Waals surface area contributed by atoms with Crippen LogP contribution in [-0.4, -0.2) is 44.9 Å². The average Bonchev–Trinajstić information content (AvgIpc) is 3.06. The minimum atomic E-state index is -0.262. The first-order valence-electron chi connectivity index (χ1n) is 7.47. The quantitative estimate of drug-likeness (QED) is 0.667. The average molecular weight is 306 g/mol. The van der Waals surface area contributed by atoms with Crippen molar-refractivity contribution in [1.82, 2.24) is 5.32 Å². The van der Waals surface area contributed by atoms with E-state index in [4.69, 9.17) is 14.2 Å². The highest BCUT2D eigenvalue weighted by Gasteiger charge is 2.16. The molecule has 1 aromatic rings. The molecule has 1 aliphatic heterocycles. The molecule has 2 rings (SSSR count). The Morgan fingerprint density at radius 3 is 2.77 bits per heavy atom. The molecular formula is C16H22N2O4. The van der Waals surface area contributed by atoms with Crippen molar-refractivity contribution in [3.63, 3.8) is 0 Å². The third-order valence-corrected chi connectivity index (χ3v) is 3.32.